The molecule has 6 heteroatoms. The summed E-state index contributed by atoms with van der Waals surface area (Å²) in [5.74, 6) is -0.678. The van der Waals surface area contributed by atoms with Crippen LogP contribution in [0.25, 0.3) is 0 Å². The molecular weight excluding hydrogens is 318 g/mol. The van der Waals surface area contributed by atoms with Gasteiger partial charge in [0.05, 0.1) is 0 Å². The molecule has 0 saturated carbocycles. The van der Waals surface area contributed by atoms with Gasteiger partial charge in [-0.25, -0.2) is 0 Å². The summed E-state index contributed by atoms with van der Waals surface area (Å²) >= 11 is 0. The minimum Gasteiger partial charge on any atom is -0.366 e. The number of anilines is 1. The third-order valence-electron chi connectivity index (χ3n) is 4.14. The Labute approximate surface area is 145 Å². The van der Waals surface area contributed by atoms with Gasteiger partial charge in [0.1, 0.15) is 0 Å². The number of likely N-dealkylation sites (tertiary alicyclic amines) is 1. The maximum absolute atomic E-state index is 12.4. The number of rotatable bonds is 5. The van der Waals surface area contributed by atoms with Gasteiger partial charge in [0.2, 0.25) is 11.8 Å². The Kier molecular flexibility index (Phi) is 4.79. The Bertz CT molecular complexity index is 832. The number of nitrogens with zero attached hydrogens (tertiary/aromatic N) is 1. The summed E-state index contributed by atoms with van der Waals surface area (Å²) in [7, 11) is 0. The van der Waals surface area contributed by atoms with Crippen molar-refractivity contribution < 1.29 is 14.4 Å². The molecule has 1 aliphatic heterocycles. The maximum atomic E-state index is 12.4. The number of carbonyl (C=O) groups excluding carboxylic acids is 3. The van der Waals surface area contributed by atoms with Crippen molar-refractivity contribution >= 4 is 23.4 Å². The number of nitrogens with one attached hydrogen (secondary N) is 1. The molecule has 2 aromatic carbocycles. The molecule has 6 nitrogen and oxygen atoms in total. The molecule has 0 bridgehead atoms. The first-order chi connectivity index (χ1) is 12.0. The van der Waals surface area contributed by atoms with Gasteiger partial charge >= 0.3 is 0 Å². The van der Waals surface area contributed by atoms with Gasteiger partial charge in [0, 0.05) is 36.3 Å². The highest BCUT2D eigenvalue weighted by atomic mass is 16.2. The van der Waals surface area contributed by atoms with E-state index >= 15 is 0 Å². The largest absolute Gasteiger partial charge is 0.366 e. The summed E-state index contributed by atoms with van der Waals surface area (Å²) in [4.78, 5) is 37.2. The van der Waals surface area contributed by atoms with Crippen LogP contribution in [0.5, 0.6) is 0 Å². The van der Waals surface area contributed by atoms with Crippen LogP contribution in [0.15, 0.2) is 48.5 Å². The second kappa shape index (κ2) is 7.17. The van der Waals surface area contributed by atoms with Gasteiger partial charge in [-0.2, -0.15) is 0 Å². The lowest BCUT2D eigenvalue weighted by molar-refractivity contribution is -0.128. The Hall–Kier alpha value is -3.15. The van der Waals surface area contributed by atoms with E-state index in [1.165, 1.54) is 6.07 Å². The van der Waals surface area contributed by atoms with Crippen molar-refractivity contribution in [3.05, 3.63) is 65.2 Å². The Morgan fingerprint density at radius 3 is 2.56 bits per heavy atom. The Balaban J connectivity index is 1.72. The van der Waals surface area contributed by atoms with Crippen LogP contribution in [0.3, 0.4) is 0 Å². The van der Waals surface area contributed by atoms with Crippen LogP contribution < -0.4 is 11.1 Å². The first-order valence-corrected chi connectivity index (χ1v) is 8.11. The standard InChI is InChI=1S/C19H19N3O3/c20-18(24)14-5-2-7-16(11-14)21-19(25)15-6-1-4-13(10-15)12-22-9-3-8-17(22)23/h1-2,4-7,10-11H,3,8-9,12H2,(H2,20,24)(H,21,25). The summed E-state index contributed by atoms with van der Waals surface area (Å²) in [6.45, 7) is 1.27. The second-order valence-corrected chi connectivity index (χ2v) is 6.02. The molecule has 0 aromatic heterocycles. The van der Waals surface area contributed by atoms with Crippen molar-refractivity contribution in [3.8, 4) is 0 Å². The molecule has 3 rings (SSSR count). The van der Waals surface area contributed by atoms with Crippen molar-refractivity contribution in [1.82, 2.24) is 4.90 Å². The lowest BCUT2D eigenvalue weighted by atomic mass is 10.1. The molecule has 1 heterocycles. The van der Waals surface area contributed by atoms with Crippen molar-refractivity contribution in [2.75, 3.05) is 11.9 Å². The molecule has 25 heavy (non-hydrogen) atoms. The van der Waals surface area contributed by atoms with Crippen LogP contribution >= 0.6 is 0 Å². The van der Waals surface area contributed by atoms with Gasteiger partial charge in [-0.1, -0.05) is 18.2 Å². The fourth-order valence-corrected chi connectivity index (χ4v) is 2.86. The number of hydrogen-bond acceptors (Lipinski definition) is 3. The maximum Gasteiger partial charge on any atom is 0.255 e. The average molecular weight is 337 g/mol. The quantitative estimate of drug-likeness (QED) is 0.875. The molecular formula is C19H19N3O3. The highest BCUT2D eigenvalue weighted by Gasteiger charge is 2.20. The topological polar surface area (TPSA) is 92.5 Å². The van der Waals surface area contributed by atoms with Gasteiger partial charge in [-0.05, 0) is 42.3 Å². The molecule has 3 N–H and O–H groups in total. The number of carbonyl (C=O) groups is 3. The van der Waals surface area contributed by atoms with E-state index in [9.17, 15) is 14.4 Å². The summed E-state index contributed by atoms with van der Waals surface area (Å²) in [5, 5.41) is 2.76. The number of nitrogens with two attached hydrogens (primary N) is 1. The van der Waals surface area contributed by atoms with Crippen molar-refractivity contribution in [2.24, 2.45) is 5.73 Å². The molecule has 128 valence electrons. The van der Waals surface area contributed by atoms with Crippen LogP contribution in [0.4, 0.5) is 5.69 Å². The molecule has 0 unspecified atom stereocenters. The van der Waals surface area contributed by atoms with Gasteiger partial charge in [0.15, 0.2) is 0 Å². The summed E-state index contributed by atoms with van der Waals surface area (Å²) in [6.07, 6.45) is 1.48. The Morgan fingerprint density at radius 1 is 1.08 bits per heavy atom. The minimum atomic E-state index is -0.548. The molecule has 0 radical (unpaired) electrons. The van der Waals surface area contributed by atoms with E-state index in [1.54, 1.807) is 41.3 Å². The summed E-state index contributed by atoms with van der Waals surface area (Å²) < 4.78 is 0. The third-order valence-corrected chi connectivity index (χ3v) is 4.14. The lowest BCUT2D eigenvalue weighted by Crippen LogP contribution is -2.24. The zero-order valence-electron chi connectivity index (χ0n) is 13.7. The Morgan fingerprint density at radius 2 is 1.84 bits per heavy atom. The van der Waals surface area contributed by atoms with Gasteiger partial charge in [0.25, 0.3) is 5.91 Å². The van der Waals surface area contributed by atoms with E-state index in [0.29, 0.717) is 29.8 Å². The van der Waals surface area contributed by atoms with E-state index in [4.69, 9.17) is 5.73 Å². The van der Waals surface area contributed by atoms with E-state index in [-0.39, 0.29) is 11.8 Å². The molecule has 0 atom stereocenters. The smallest absolute Gasteiger partial charge is 0.255 e. The fourth-order valence-electron chi connectivity index (χ4n) is 2.86. The number of hydrogen-bond donors (Lipinski definition) is 2. The number of benzene rings is 2. The van der Waals surface area contributed by atoms with Crippen LogP contribution in [0, 0.1) is 0 Å². The van der Waals surface area contributed by atoms with Crippen LogP contribution in [-0.2, 0) is 11.3 Å². The first kappa shape index (κ1) is 16.7. The molecule has 1 aliphatic rings. The zero-order chi connectivity index (χ0) is 17.8. The predicted octanol–water partition coefficient (Wildman–Crippen LogP) is 2.16. The summed E-state index contributed by atoms with van der Waals surface area (Å²) in [6, 6.07) is 13.7. The van der Waals surface area contributed by atoms with Crippen LogP contribution in [0.2, 0.25) is 0 Å². The van der Waals surface area contributed by atoms with Crippen LogP contribution in [0.1, 0.15) is 39.1 Å². The molecule has 3 amide bonds. The fraction of sp³-hybridized carbons (Fsp3) is 0.211. The van der Waals surface area contributed by atoms with Gasteiger partial charge < -0.3 is 16.0 Å². The van der Waals surface area contributed by atoms with E-state index < -0.39 is 5.91 Å². The van der Waals surface area contributed by atoms with Crippen molar-refractivity contribution in [3.63, 3.8) is 0 Å². The first-order valence-electron chi connectivity index (χ1n) is 8.11. The van der Waals surface area contributed by atoms with E-state index in [1.807, 2.05) is 6.07 Å². The van der Waals surface area contributed by atoms with E-state index in [2.05, 4.69) is 5.32 Å². The van der Waals surface area contributed by atoms with Gasteiger partial charge in [-0.3, -0.25) is 14.4 Å². The third kappa shape index (κ3) is 4.03. The predicted molar refractivity (Wildman–Crippen MR) is 94.0 cm³/mol. The van der Waals surface area contributed by atoms with Crippen LogP contribution in [-0.4, -0.2) is 29.2 Å². The molecule has 1 saturated heterocycles. The normalized spacial score (nSPS) is 13.8. The number of amides is 3. The average Bonchev–Trinajstić information content (AvgIpc) is 3.00. The van der Waals surface area contributed by atoms with Crippen molar-refractivity contribution in [1.29, 1.82) is 0 Å². The second-order valence-electron chi connectivity index (χ2n) is 6.02. The zero-order valence-corrected chi connectivity index (χ0v) is 13.7. The molecule has 0 aliphatic carbocycles. The monoisotopic (exact) mass is 337 g/mol. The molecule has 0 spiro atoms. The number of primary amides is 1. The molecule has 1 fully saturated rings. The van der Waals surface area contributed by atoms with Crippen molar-refractivity contribution in [2.45, 2.75) is 19.4 Å². The minimum absolute atomic E-state index is 0.151. The van der Waals surface area contributed by atoms with E-state index in [0.717, 1.165) is 18.5 Å². The van der Waals surface area contributed by atoms with Gasteiger partial charge in [-0.15, -0.1) is 0 Å². The highest BCUT2D eigenvalue weighted by molar-refractivity contribution is 6.05. The molecule has 2 aromatic rings. The highest BCUT2D eigenvalue weighted by Crippen LogP contribution is 2.16. The summed E-state index contributed by atoms with van der Waals surface area (Å²) in [5.41, 5.74) is 7.49. The lowest BCUT2D eigenvalue weighted by Gasteiger charge is -2.16. The SMILES string of the molecule is NC(=O)c1cccc(NC(=O)c2cccc(CN3CCCC3=O)c2)c1.